The minimum Gasteiger partial charge on any atom is -0.508 e. The fourth-order valence-corrected chi connectivity index (χ4v) is 2.85. The van der Waals surface area contributed by atoms with Crippen LogP contribution in [0.3, 0.4) is 0 Å². The first-order valence-corrected chi connectivity index (χ1v) is 8.65. The second-order valence-corrected chi connectivity index (χ2v) is 6.50. The number of phenolic OH excluding ortho intramolecular Hbond substituents is 2. The van der Waals surface area contributed by atoms with Crippen LogP contribution in [-0.2, 0) is 4.74 Å². The lowest BCUT2D eigenvalue weighted by molar-refractivity contribution is -0.277. The number of aromatic hydroxyl groups is 2. The van der Waals surface area contributed by atoms with E-state index in [0.29, 0.717) is 5.56 Å². The minimum atomic E-state index is -1.55. The van der Waals surface area contributed by atoms with Crippen molar-refractivity contribution < 1.29 is 40.1 Å². The van der Waals surface area contributed by atoms with Gasteiger partial charge < -0.3 is 40.1 Å². The number of rotatable bonds is 5. The monoisotopic (exact) mass is 390 g/mol. The SMILES string of the molecule is OC[C@H]1O[C@H](Oc2cc(O)cc(/C=C/c3ccc(O)cc3)c2)[C@H](O)[C@@H](O)[C@@H]1O. The molecule has 0 saturated carbocycles. The fraction of sp³-hybridized carbons (Fsp3) is 0.300. The molecule has 8 nitrogen and oxygen atoms in total. The third-order valence-electron chi connectivity index (χ3n) is 4.38. The van der Waals surface area contributed by atoms with Crippen molar-refractivity contribution in [1.29, 1.82) is 0 Å². The molecule has 2 aromatic rings. The van der Waals surface area contributed by atoms with Crippen molar-refractivity contribution >= 4 is 12.2 Å². The molecule has 5 atom stereocenters. The van der Waals surface area contributed by atoms with Crippen LogP contribution >= 0.6 is 0 Å². The minimum absolute atomic E-state index is 0.0903. The first-order chi connectivity index (χ1) is 13.4. The van der Waals surface area contributed by atoms with E-state index in [9.17, 15) is 30.6 Å². The number of aliphatic hydroxyl groups excluding tert-OH is 4. The predicted molar refractivity (Wildman–Crippen MR) is 99.5 cm³/mol. The Hall–Kier alpha value is -2.62. The van der Waals surface area contributed by atoms with Crippen molar-refractivity contribution in [2.75, 3.05) is 6.61 Å². The van der Waals surface area contributed by atoms with E-state index in [-0.39, 0.29) is 17.2 Å². The lowest BCUT2D eigenvalue weighted by Crippen LogP contribution is -2.60. The summed E-state index contributed by atoms with van der Waals surface area (Å²) >= 11 is 0. The molecule has 0 aliphatic carbocycles. The van der Waals surface area contributed by atoms with Gasteiger partial charge in [-0.2, -0.15) is 0 Å². The van der Waals surface area contributed by atoms with Gasteiger partial charge in [0.25, 0.3) is 0 Å². The second-order valence-electron chi connectivity index (χ2n) is 6.50. The van der Waals surface area contributed by atoms with Crippen molar-refractivity contribution in [3.8, 4) is 17.2 Å². The highest BCUT2D eigenvalue weighted by atomic mass is 16.7. The van der Waals surface area contributed by atoms with Gasteiger partial charge in [-0.25, -0.2) is 0 Å². The highest BCUT2D eigenvalue weighted by Crippen LogP contribution is 2.28. The van der Waals surface area contributed by atoms with E-state index in [1.54, 1.807) is 42.5 Å². The Morgan fingerprint density at radius 2 is 1.50 bits per heavy atom. The van der Waals surface area contributed by atoms with Crippen LogP contribution in [0.4, 0.5) is 0 Å². The summed E-state index contributed by atoms with van der Waals surface area (Å²) in [5.74, 6) is 0.229. The van der Waals surface area contributed by atoms with Crippen molar-refractivity contribution in [1.82, 2.24) is 0 Å². The molecule has 1 fully saturated rings. The molecule has 28 heavy (non-hydrogen) atoms. The van der Waals surface area contributed by atoms with E-state index in [1.165, 1.54) is 12.1 Å². The van der Waals surface area contributed by atoms with Gasteiger partial charge in [-0.3, -0.25) is 0 Å². The summed E-state index contributed by atoms with van der Waals surface area (Å²) in [6.45, 7) is -0.564. The highest BCUT2D eigenvalue weighted by molar-refractivity contribution is 5.71. The first-order valence-electron chi connectivity index (χ1n) is 8.65. The number of hydrogen-bond donors (Lipinski definition) is 6. The topological polar surface area (TPSA) is 140 Å². The molecular weight excluding hydrogens is 368 g/mol. The Labute approximate surface area is 161 Å². The zero-order valence-electron chi connectivity index (χ0n) is 14.8. The lowest BCUT2D eigenvalue weighted by Gasteiger charge is -2.39. The Balaban J connectivity index is 1.76. The normalized spacial score (nSPS) is 27.8. The maximum Gasteiger partial charge on any atom is 0.229 e. The maximum atomic E-state index is 10.1. The Kier molecular flexibility index (Phi) is 6.18. The molecule has 150 valence electrons. The molecule has 8 heteroatoms. The molecule has 0 spiro atoms. The number of benzene rings is 2. The van der Waals surface area contributed by atoms with Gasteiger partial charge in [0.1, 0.15) is 41.7 Å². The third kappa shape index (κ3) is 4.61. The van der Waals surface area contributed by atoms with Crippen molar-refractivity contribution in [3.05, 3.63) is 53.6 Å². The Bertz CT molecular complexity index is 817. The Morgan fingerprint density at radius 3 is 2.18 bits per heavy atom. The summed E-state index contributed by atoms with van der Waals surface area (Å²) in [4.78, 5) is 0. The summed E-state index contributed by atoms with van der Waals surface area (Å²) in [7, 11) is 0. The molecule has 0 aromatic heterocycles. The van der Waals surface area contributed by atoms with Gasteiger partial charge in [0, 0.05) is 6.07 Å². The second kappa shape index (κ2) is 8.59. The molecule has 1 saturated heterocycles. The van der Waals surface area contributed by atoms with Gasteiger partial charge in [-0.05, 0) is 35.4 Å². The van der Waals surface area contributed by atoms with Gasteiger partial charge >= 0.3 is 0 Å². The van der Waals surface area contributed by atoms with Crippen LogP contribution in [0.1, 0.15) is 11.1 Å². The van der Waals surface area contributed by atoms with E-state index in [4.69, 9.17) is 9.47 Å². The molecule has 1 heterocycles. The lowest BCUT2D eigenvalue weighted by atomic mass is 9.99. The molecule has 6 N–H and O–H groups in total. The van der Waals surface area contributed by atoms with Gasteiger partial charge in [0.2, 0.25) is 6.29 Å². The summed E-state index contributed by atoms with van der Waals surface area (Å²) in [5, 5.41) is 58.2. The van der Waals surface area contributed by atoms with Crippen LogP contribution in [0, 0.1) is 0 Å². The average Bonchev–Trinajstić information content (AvgIpc) is 2.67. The largest absolute Gasteiger partial charge is 0.508 e. The van der Waals surface area contributed by atoms with Gasteiger partial charge in [-0.1, -0.05) is 24.3 Å². The van der Waals surface area contributed by atoms with Crippen molar-refractivity contribution in [3.63, 3.8) is 0 Å². The van der Waals surface area contributed by atoms with Crippen molar-refractivity contribution in [2.24, 2.45) is 0 Å². The standard InChI is InChI=1S/C20H22O8/c21-10-16-17(24)18(25)19(26)20(28-16)27-15-8-12(7-14(23)9-15)2-1-11-3-5-13(22)6-4-11/h1-9,16-26H,10H2/b2-1+/t16-,17-,18+,19-,20+/m1/s1. The molecule has 2 aromatic carbocycles. The highest BCUT2D eigenvalue weighted by Gasteiger charge is 2.44. The Morgan fingerprint density at radius 1 is 0.821 bits per heavy atom. The van der Waals surface area contributed by atoms with Gasteiger partial charge in [0.15, 0.2) is 0 Å². The predicted octanol–water partition coefficient (Wildman–Crippen LogP) is 0.447. The van der Waals surface area contributed by atoms with E-state index in [0.717, 1.165) is 5.56 Å². The van der Waals surface area contributed by atoms with E-state index in [2.05, 4.69) is 0 Å². The van der Waals surface area contributed by atoms with E-state index in [1.807, 2.05) is 0 Å². The molecule has 0 radical (unpaired) electrons. The van der Waals surface area contributed by atoms with E-state index < -0.39 is 37.3 Å². The molecule has 0 unspecified atom stereocenters. The number of ether oxygens (including phenoxy) is 2. The van der Waals surface area contributed by atoms with Crippen LogP contribution < -0.4 is 4.74 Å². The van der Waals surface area contributed by atoms with Crippen LogP contribution in [0.2, 0.25) is 0 Å². The zero-order chi connectivity index (χ0) is 20.3. The zero-order valence-corrected chi connectivity index (χ0v) is 14.8. The molecule has 0 bridgehead atoms. The van der Waals surface area contributed by atoms with Crippen molar-refractivity contribution in [2.45, 2.75) is 30.7 Å². The maximum absolute atomic E-state index is 10.1. The summed E-state index contributed by atoms with van der Waals surface area (Å²) in [6, 6.07) is 10.9. The molecule has 1 aliphatic rings. The quantitative estimate of drug-likeness (QED) is 0.405. The molecule has 3 rings (SSSR count). The van der Waals surface area contributed by atoms with E-state index >= 15 is 0 Å². The third-order valence-corrected chi connectivity index (χ3v) is 4.38. The number of phenols is 2. The van der Waals surface area contributed by atoms with Gasteiger partial charge in [-0.15, -0.1) is 0 Å². The summed E-state index contributed by atoms with van der Waals surface area (Å²) < 4.78 is 10.8. The summed E-state index contributed by atoms with van der Waals surface area (Å²) in [5.41, 5.74) is 1.42. The summed E-state index contributed by atoms with van der Waals surface area (Å²) in [6.07, 6.45) is -3.52. The van der Waals surface area contributed by atoms with Crippen LogP contribution in [-0.4, -0.2) is 68.0 Å². The molecule has 0 amide bonds. The van der Waals surface area contributed by atoms with Crippen LogP contribution in [0.15, 0.2) is 42.5 Å². The smallest absolute Gasteiger partial charge is 0.229 e. The molecular formula is C20H22O8. The molecule has 1 aliphatic heterocycles. The first kappa shape index (κ1) is 20.1. The van der Waals surface area contributed by atoms with Gasteiger partial charge in [0.05, 0.1) is 6.61 Å². The number of aliphatic hydroxyl groups is 4. The van der Waals surface area contributed by atoms with Crippen LogP contribution in [0.25, 0.3) is 12.2 Å². The average molecular weight is 390 g/mol. The van der Waals surface area contributed by atoms with Crippen LogP contribution in [0.5, 0.6) is 17.2 Å². The number of hydrogen-bond acceptors (Lipinski definition) is 8. The fourth-order valence-electron chi connectivity index (χ4n) is 2.85.